The summed E-state index contributed by atoms with van der Waals surface area (Å²) in [5.74, 6) is 1.76. The average molecular weight is 731 g/mol. The van der Waals surface area contributed by atoms with Crippen molar-refractivity contribution >= 4 is 65.7 Å². The molecule has 266 valence electrons. The lowest BCUT2D eigenvalue weighted by molar-refractivity contribution is 0.669. The van der Waals surface area contributed by atoms with Gasteiger partial charge in [-0.25, -0.2) is 15.0 Å². The number of hydrogen-bond donors (Lipinski definition) is 0. The van der Waals surface area contributed by atoms with E-state index in [1.807, 2.05) is 66.7 Å². The lowest BCUT2D eigenvalue weighted by atomic mass is 9.99. The van der Waals surface area contributed by atoms with Crippen LogP contribution in [0.1, 0.15) is 0 Å². The minimum absolute atomic E-state index is 0.572. The molecule has 0 unspecified atom stereocenters. The van der Waals surface area contributed by atoms with Crippen LogP contribution < -0.4 is 0 Å². The molecule has 0 saturated carbocycles. The van der Waals surface area contributed by atoms with Gasteiger partial charge >= 0.3 is 0 Å². The summed E-state index contributed by atoms with van der Waals surface area (Å²) in [4.78, 5) is 15.1. The standard InChI is InChI=1S/C51H30N4O2/c1-3-12-31(13-4-1)36-18-11-21-44-46(36)41-27-24-34(30-45(41)56-44)51-53-49(32-14-5-2-6-15-32)52-50(54-51)33-22-25-35(26-23-33)55-42-19-9-7-16-37(42)39-28-29-40-38-17-8-10-20-43(38)57-48(40)47(39)55/h1-30H. The van der Waals surface area contributed by atoms with E-state index in [1.54, 1.807) is 0 Å². The van der Waals surface area contributed by atoms with Gasteiger partial charge in [0.1, 0.15) is 16.7 Å². The van der Waals surface area contributed by atoms with Crippen LogP contribution in [0.15, 0.2) is 191 Å². The summed E-state index contributed by atoms with van der Waals surface area (Å²) in [6.07, 6.45) is 0. The number of para-hydroxylation sites is 2. The highest BCUT2D eigenvalue weighted by molar-refractivity contribution is 6.21. The molecule has 0 fully saturated rings. The minimum Gasteiger partial charge on any atom is -0.456 e. The maximum absolute atomic E-state index is 6.58. The Bertz CT molecular complexity index is 3510. The molecule has 6 heteroatoms. The molecule has 0 saturated heterocycles. The third-order valence-corrected chi connectivity index (χ3v) is 11.1. The molecular weight excluding hydrogens is 701 g/mol. The fourth-order valence-corrected chi connectivity index (χ4v) is 8.43. The molecule has 12 aromatic rings. The second-order valence-electron chi connectivity index (χ2n) is 14.4. The zero-order valence-corrected chi connectivity index (χ0v) is 30.4. The zero-order chi connectivity index (χ0) is 37.5. The second-order valence-corrected chi connectivity index (χ2v) is 14.4. The Morgan fingerprint density at radius 1 is 0.368 bits per heavy atom. The summed E-state index contributed by atoms with van der Waals surface area (Å²) < 4.78 is 15.4. The van der Waals surface area contributed by atoms with Crippen LogP contribution in [0.5, 0.6) is 0 Å². The van der Waals surface area contributed by atoms with Crippen molar-refractivity contribution in [2.45, 2.75) is 0 Å². The summed E-state index contributed by atoms with van der Waals surface area (Å²) in [5, 5.41) is 6.67. The number of rotatable bonds is 5. The van der Waals surface area contributed by atoms with Gasteiger partial charge in [-0.2, -0.15) is 0 Å². The summed E-state index contributed by atoms with van der Waals surface area (Å²) >= 11 is 0. The van der Waals surface area contributed by atoms with Gasteiger partial charge in [-0.15, -0.1) is 0 Å². The van der Waals surface area contributed by atoms with Crippen LogP contribution >= 0.6 is 0 Å². The van der Waals surface area contributed by atoms with E-state index in [9.17, 15) is 0 Å². The van der Waals surface area contributed by atoms with E-state index >= 15 is 0 Å². The van der Waals surface area contributed by atoms with Crippen LogP contribution in [0, 0.1) is 0 Å². The van der Waals surface area contributed by atoms with Gasteiger partial charge in [-0.05, 0) is 71.8 Å². The van der Waals surface area contributed by atoms with Crippen molar-refractivity contribution in [1.29, 1.82) is 0 Å². The van der Waals surface area contributed by atoms with Crippen LogP contribution in [0.3, 0.4) is 0 Å². The van der Waals surface area contributed by atoms with Crippen LogP contribution in [-0.2, 0) is 0 Å². The van der Waals surface area contributed by atoms with Gasteiger partial charge in [0, 0.05) is 54.7 Å². The highest BCUT2D eigenvalue weighted by Gasteiger charge is 2.20. The molecule has 0 N–H and O–H groups in total. The van der Waals surface area contributed by atoms with Gasteiger partial charge in [-0.3, -0.25) is 0 Å². The van der Waals surface area contributed by atoms with Gasteiger partial charge in [0.05, 0.1) is 11.0 Å². The molecule has 6 nitrogen and oxygen atoms in total. The Morgan fingerprint density at radius 3 is 1.75 bits per heavy atom. The van der Waals surface area contributed by atoms with Gasteiger partial charge in [0.25, 0.3) is 0 Å². The van der Waals surface area contributed by atoms with E-state index in [1.165, 1.54) is 5.39 Å². The van der Waals surface area contributed by atoms with E-state index in [0.717, 1.165) is 93.8 Å². The van der Waals surface area contributed by atoms with E-state index in [0.29, 0.717) is 17.5 Å². The first-order valence-corrected chi connectivity index (χ1v) is 19.0. The molecule has 0 aliphatic heterocycles. The highest BCUT2D eigenvalue weighted by Crippen LogP contribution is 2.41. The van der Waals surface area contributed by atoms with Crippen molar-refractivity contribution in [3.05, 3.63) is 182 Å². The summed E-state index contributed by atoms with van der Waals surface area (Å²) in [7, 11) is 0. The quantitative estimate of drug-likeness (QED) is 0.176. The van der Waals surface area contributed by atoms with Crippen LogP contribution in [-0.4, -0.2) is 19.5 Å². The molecule has 12 rings (SSSR count). The van der Waals surface area contributed by atoms with E-state index in [2.05, 4.69) is 120 Å². The van der Waals surface area contributed by atoms with E-state index < -0.39 is 0 Å². The first-order valence-electron chi connectivity index (χ1n) is 19.0. The van der Waals surface area contributed by atoms with Crippen molar-refractivity contribution in [3.63, 3.8) is 0 Å². The number of aromatic nitrogens is 4. The Labute approximate surface area is 325 Å². The van der Waals surface area contributed by atoms with Crippen LogP contribution in [0.4, 0.5) is 0 Å². The van der Waals surface area contributed by atoms with E-state index in [-0.39, 0.29) is 0 Å². The van der Waals surface area contributed by atoms with Crippen molar-refractivity contribution in [1.82, 2.24) is 19.5 Å². The number of furan rings is 2. The highest BCUT2D eigenvalue weighted by atomic mass is 16.3. The normalized spacial score (nSPS) is 11.9. The summed E-state index contributed by atoms with van der Waals surface area (Å²) in [5.41, 5.74) is 11.5. The van der Waals surface area contributed by atoms with E-state index in [4.69, 9.17) is 23.8 Å². The fraction of sp³-hybridized carbons (Fsp3) is 0. The van der Waals surface area contributed by atoms with Gasteiger partial charge in [0.2, 0.25) is 0 Å². The number of fused-ring (bicyclic) bond motifs is 10. The van der Waals surface area contributed by atoms with Crippen molar-refractivity contribution in [2.24, 2.45) is 0 Å². The molecule has 8 aromatic carbocycles. The predicted molar refractivity (Wildman–Crippen MR) is 230 cm³/mol. The average Bonchev–Trinajstić information content (AvgIpc) is 3.96. The first kappa shape index (κ1) is 31.5. The largest absolute Gasteiger partial charge is 0.456 e. The summed E-state index contributed by atoms with van der Waals surface area (Å²) in [6, 6.07) is 62.6. The van der Waals surface area contributed by atoms with Crippen molar-refractivity contribution < 1.29 is 8.83 Å². The Morgan fingerprint density at radius 2 is 0.965 bits per heavy atom. The molecule has 0 spiro atoms. The van der Waals surface area contributed by atoms with Crippen molar-refractivity contribution in [2.75, 3.05) is 0 Å². The van der Waals surface area contributed by atoms with Gasteiger partial charge < -0.3 is 13.4 Å². The number of hydrogen-bond acceptors (Lipinski definition) is 5. The molecular formula is C51H30N4O2. The molecule has 0 aliphatic rings. The minimum atomic E-state index is 0.572. The smallest absolute Gasteiger partial charge is 0.164 e. The first-order chi connectivity index (χ1) is 28.2. The Hall–Kier alpha value is -7.83. The SMILES string of the molecule is c1ccc(-c2nc(-c3ccc(-n4c5ccccc5c5ccc6c7ccccc7oc6c54)cc3)nc(-c3ccc4c(c3)oc3cccc(-c5ccccc5)c34)n2)cc1. The number of benzene rings is 8. The summed E-state index contributed by atoms with van der Waals surface area (Å²) in [6.45, 7) is 0. The predicted octanol–water partition coefficient (Wildman–Crippen LogP) is 13.4. The van der Waals surface area contributed by atoms with Crippen molar-refractivity contribution in [3.8, 4) is 51.0 Å². The lowest BCUT2D eigenvalue weighted by Crippen LogP contribution is -2.00. The van der Waals surface area contributed by atoms with Crippen LogP contribution in [0.25, 0.3) is 117 Å². The number of nitrogens with zero attached hydrogens (tertiary/aromatic N) is 4. The van der Waals surface area contributed by atoms with Gasteiger partial charge in [0.15, 0.2) is 23.1 Å². The third kappa shape index (κ3) is 4.94. The molecule has 0 amide bonds. The Kier molecular flexibility index (Phi) is 6.83. The maximum atomic E-state index is 6.58. The van der Waals surface area contributed by atoms with Gasteiger partial charge in [-0.1, -0.05) is 121 Å². The molecule has 57 heavy (non-hydrogen) atoms. The maximum Gasteiger partial charge on any atom is 0.164 e. The van der Waals surface area contributed by atoms with Crippen LogP contribution in [0.2, 0.25) is 0 Å². The molecule has 0 aliphatic carbocycles. The topological polar surface area (TPSA) is 69.9 Å². The third-order valence-electron chi connectivity index (χ3n) is 11.1. The second kappa shape index (κ2) is 12.3. The molecule has 0 radical (unpaired) electrons. The molecule has 0 bridgehead atoms. The Balaban J connectivity index is 1.00. The monoisotopic (exact) mass is 730 g/mol. The molecule has 0 atom stereocenters. The molecule has 4 aromatic heterocycles. The lowest BCUT2D eigenvalue weighted by Gasteiger charge is -2.11. The zero-order valence-electron chi connectivity index (χ0n) is 30.4. The molecule has 4 heterocycles. The fourth-order valence-electron chi connectivity index (χ4n) is 8.43.